The van der Waals surface area contributed by atoms with Crippen LogP contribution in [0.2, 0.25) is 0 Å². The van der Waals surface area contributed by atoms with Crippen LogP contribution < -0.4 is 5.32 Å². The molecule has 0 spiro atoms. The monoisotopic (exact) mass is 385 g/mol. The molecule has 1 atom stereocenters. The summed E-state index contributed by atoms with van der Waals surface area (Å²) in [5.74, 6) is 0.703. The maximum absolute atomic E-state index is 13.8. The number of aryl methyl sites for hydroxylation is 1. The van der Waals surface area contributed by atoms with Gasteiger partial charge < -0.3 is 10.1 Å². The van der Waals surface area contributed by atoms with Crippen LogP contribution in [0.15, 0.2) is 36.9 Å². The fourth-order valence-corrected chi connectivity index (χ4v) is 3.09. The van der Waals surface area contributed by atoms with Crippen molar-refractivity contribution in [3.05, 3.63) is 42.6 Å². The Balaban J connectivity index is 1.62. The number of rotatable bonds is 7. The molecule has 0 saturated carbocycles. The lowest BCUT2D eigenvalue weighted by Crippen LogP contribution is -2.20. The highest BCUT2D eigenvalue weighted by atomic mass is 19.1. The average Bonchev–Trinajstić information content (AvgIpc) is 3.41. The fraction of sp³-hybridized carbons (Fsp3) is 0.474. The Hall–Kier alpha value is -2.81. The third-order valence-corrected chi connectivity index (χ3v) is 4.66. The molecule has 0 aliphatic carbocycles. The Morgan fingerprint density at radius 3 is 2.96 bits per heavy atom. The minimum absolute atomic E-state index is 0.224. The molecule has 148 valence electrons. The van der Waals surface area contributed by atoms with Crippen molar-refractivity contribution in [1.29, 1.82) is 0 Å². The summed E-state index contributed by atoms with van der Waals surface area (Å²) < 4.78 is 22.6. The van der Waals surface area contributed by atoms with Gasteiger partial charge >= 0.3 is 0 Å². The van der Waals surface area contributed by atoms with E-state index in [1.54, 1.807) is 35.6 Å². The van der Waals surface area contributed by atoms with Crippen molar-refractivity contribution in [2.75, 3.05) is 18.5 Å². The number of ether oxygens (including phenoxy) is 1. The molecule has 8 nitrogen and oxygen atoms in total. The van der Waals surface area contributed by atoms with Crippen molar-refractivity contribution in [3.63, 3.8) is 0 Å². The van der Waals surface area contributed by atoms with E-state index in [2.05, 4.69) is 25.7 Å². The van der Waals surface area contributed by atoms with Crippen molar-refractivity contribution in [2.24, 2.45) is 0 Å². The van der Waals surface area contributed by atoms with Gasteiger partial charge in [-0.15, -0.1) is 5.10 Å². The van der Waals surface area contributed by atoms with Gasteiger partial charge in [-0.2, -0.15) is 5.10 Å². The summed E-state index contributed by atoms with van der Waals surface area (Å²) >= 11 is 0. The van der Waals surface area contributed by atoms with Crippen LogP contribution in [-0.4, -0.2) is 54.7 Å². The molecule has 0 bridgehead atoms. The summed E-state index contributed by atoms with van der Waals surface area (Å²) in [6.07, 6.45) is 8.99. The van der Waals surface area contributed by atoms with Gasteiger partial charge in [-0.25, -0.2) is 18.7 Å². The van der Waals surface area contributed by atoms with E-state index < -0.39 is 5.67 Å². The Kier molecular flexibility index (Phi) is 5.08. The second-order valence-corrected chi connectivity index (χ2v) is 7.59. The lowest BCUT2D eigenvalue weighted by Gasteiger charge is -2.16. The zero-order chi connectivity index (χ0) is 19.6. The SMILES string of the molecule is CC(C)(F)CCc1cn(-c2cnc(-n3cccn3)cc2N[C@@H]2CCOC2)nn1. The third kappa shape index (κ3) is 4.36. The summed E-state index contributed by atoms with van der Waals surface area (Å²) in [5.41, 5.74) is 1.17. The van der Waals surface area contributed by atoms with E-state index in [9.17, 15) is 4.39 Å². The number of aromatic nitrogens is 6. The number of anilines is 1. The first-order chi connectivity index (χ1) is 13.5. The Morgan fingerprint density at radius 1 is 1.36 bits per heavy atom. The fourth-order valence-electron chi connectivity index (χ4n) is 3.09. The molecule has 1 aliphatic rings. The second kappa shape index (κ2) is 7.67. The van der Waals surface area contributed by atoms with E-state index in [1.807, 2.05) is 24.5 Å². The number of hydrogen-bond acceptors (Lipinski definition) is 6. The molecule has 1 saturated heterocycles. The van der Waals surface area contributed by atoms with Crippen LogP contribution in [0.5, 0.6) is 0 Å². The van der Waals surface area contributed by atoms with E-state index in [1.165, 1.54) is 0 Å². The molecule has 0 radical (unpaired) electrons. The van der Waals surface area contributed by atoms with Crippen LogP contribution in [0.4, 0.5) is 10.1 Å². The zero-order valence-electron chi connectivity index (χ0n) is 16.0. The maximum atomic E-state index is 13.8. The molecule has 3 aromatic heterocycles. The quantitative estimate of drug-likeness (QED) is 0.673. The van der Waals surface area contributed by atoms with Crippen LogP contribution in [0.1, 0.15) is 32.4 Å². The average molecular weight is 385 g/mol. The highest BCUT2D eigenvalue weighted by Gasteiger charge is 2.20. The van der Waals surface area contributed by atoms with Gasteiger partial charge in [0.2, 0.25) is 0 Å². The first-order valence-corrected chi connectivity index (χ1v) is 9.43. The van der Waals surface area contributed by atoms with Crippen LogP contribution in [0.25, 0.3) is 11.5 Å². The van der Waals surface area contributed by atoms with Gasteiger partial charge in [-0.1, -0.05) is 5.21 Å². The Morgan fingerprint density at radius 2 is 2.25 bits per heavy atom. The molecule has 3 aromatic rings. The molecule has 4 heterocycles. The Labute approximate surface area is 162 Å². The molecule has 28 heavy (non-hydrogen) atoms. The summed E-state index contributed by atoms with van der Waals surface area (Å²) in [6, 6.07) is 4.01. The maximum Gasteiger partial charge on any atom is 0.155 e. The standard InChI is InChI=1S/C19H24FN7O/c1-19(2,20)6-4-14-12-27(25-24-14)17-11-21-18(26-8-3-7-22-26)10-16(17)23-15-5-9-28-13-15/h3,7-8,10-12,15H,4-6,9,13H2,1-2H3,(H,21,23)/t15-/m1/s1. The first-order valence-electron chi connectivity index (χ1n) is 9.43. The molecule has 4 rings (SSSR count). The van der Waals surface area contributed by atoms with Crippen molar-refractivity contribution in [2.45, 2.75) is 44.8 Å². The summed E-state index contributed by atoms with van der Waals surface area (Å²) in [5, 5.41) is 16.2. The highest BCUT2D eigenvalue weighted by molar-refractivity contribution is 5.62. The van der Waals surface area contributed by atoms with Gasteiger partial charge in [-0.05, 0) is 39.2 Å². The predicted molar refractivity (Wildman–Crippen MR) is 103 cm³/mol. The van der Waals surface area contributed by atoms with Crippen molar-refractivity contribution < 1.29 is 9.13 Å². The van der Waals surface area contributed by atoms with E-state index in [0.29, 0.717) is 25.3 Å². The normalized spacial score (nSPS) is 17.2. The zero-order valence-corrected chi connectivity index (χ0v) is 16.0. The van der Waals surface area contributed by atoms with Gasteiger partial charge in [0.05, 0.1) is 36.4 Å². The van der Waals surface area contributed by atoms with Crippen LogP contribution >= 0.6 is 0 Å². The number of halogens is 1. The number of nitrogens with one attached hydrogen (secondary N) is 1. The lowest BCUT2D eigenvalue weighted by molar-refractivity contribution is 0.195. The van der Waals surface area contributed by atoms with E-state index in [0.717, 1.165) is 30.1 Å². The largest absolute Gasteiger partial charge is 0.379 e. The molecule has 1 aliphatic heterocycles. The number of nitrogens with zero attached hydrogens (tertiary/aromatic N) is 6. The summed E-state index contributed by atoms with van der Waals surface area (Å²) in [7, 11) is 0. The molecule has 0 aromatic carbocycles. The Bertz CT molecular complexity index is 911. The molecular formula is C19H24FN7O. The van der Waals surface area contributed by atoms with Gasteiger partial charge in [0, 0.05) is 25.1 Å². The van der Waals surface area contributed by atoms with E-state index in [-0.39, 0.29) is 6.04 Å². The number of hydrogen-bond donors (Lipinski definition) is 1. The summed E-state index contributed by atoms with van der Waals surface area (Å²) in [4.78, 5) is 4.51. The highest BCUT2D eigenvalue weighted by Crippen LogP contribution is 2.24. The second-order valence-electron chi connectivity index (χ2n) is 7.59. The van der Waals surface area contributed by atoms with Gasteiger partial charge in [0.1, 0.15) is 11.4 Å². The third-order valence-electron chi connectivity index (χ3n) is 4.66. The van der Waals surface area contributed by atoms with Crippen LogP contribution in [-0.2, 0) is 11.2 Å². The molecular weight excluding hydrogens is 361 g/mol. The van der Waals surface area contributed by atoms with Crippen molar-refractivity contribution >= 4 is 5.69 Å². The van der Waals surface area contributed by atoms with Crippen LogP contribution in [0.3, 0.4) is 0 Å². The molecule has 0 amide bonds. The smallest absolute Gasteiger partial charge is 0.155 e. The summed E-state index contributed by atoms with van der Waals surface area (Å²) in [6.45, 7) is 4.55. The van der Waals surface area contributed by atoms with Crippen molar-refractivity contribution in [1.82, 2.24) is 29.8 Å². The minimum Gasteiger partial charge on any atom is -0.379 e. The van der Waals surface area contributed by atoms with Crippen LogP contribution in [0, 0.1) is 0 Å². The van der Waals surface area contributed by atoms with Crippen molar-refractivity contribution in [3.8, 4) is 11.5 Å². The molecule has 0 unspecified atom stereocenters. The van der Waals surface area contributed by atoms with E-state index >= 15 is 0 Å². The predicted octanol–water partition coefficient (Wildman–Crippen LogP) is 2.73. The molecule has 9 heteroatoms. The van der Waals surface area contributed by atoms with Gasteiger partial charge in [0.25, 0.3) is 0 Å². The van der Waals surface area contributed by atoms with E-state index in [4.69, 9.17) is 4.74 Å². The van der Waals surface area contributed by atoms with Gasteiger partial charge in [-0.3, -0.25) is 0 Å². The lowest BCUT2D eigenvalue weighted by atomic mass is 10.0. The van der Waals surface area contributed by atoms with Gasteiger partial charge in [0.15, 0.2) is 5.82 Å². The minimum atomic E-state index is -1.23. The number of alkyl halides is 1. The molecule has 1 fully saturated rings. The number of pyridine rings is 1. The molecule has 1 N–H and O–H groups in total. The first kappa shape index (κ1) is 18.5. The topological polar surface area (TPSA) is 82.7 Å².